The second-order valence-electron chi connectivity index (χ2n) is 8.73. The molecule has 0 saturated carbocycles. The highest BCUT2D eigenvalue weighted by molar-refractivity contribution is 6.94. The number of rotatable bonds is 1. The fourth-order valence-corrected chi connectivity index (χ4v) is 6.37. The molecule has 1 aliphatic rings. The van der Waals surface area contributed by atoms with Crippen molar-refractivity contribution in [2.75, 3.05) is 0 Å². The van der Waals surface area contributed by atoms with Crippen molar-refractivity contribution in [1.29, 1.82) is 0 Å². The minimum atomic E-state index is -1.95. The van der Waals surface area contributed by atoms with E-state index >= 15 is 0 Å². The molecular formula is C21H24N2O2Si. The van der Waals surface area contributed by atoms with E-state index in [2.05, 4.69) is 33.9 Å². The normalized spacial score (nSPS) is 13.7. The van der Waals surface area contributed by atoms with Crippen molar-refractivity contribution in [3.8, 4) is 17.1 Å². The summed E-state index contributed by atoms with van der Waals surface area (Å²) in [6.07, 6.45) is 0. The fourth-order valence-electron chi connectivity index (χ4n) is 3.79. The van der Waals surface area contributed by atoms with Gasteiger partial charge in [0.05, 0.1) is 31.5 Å². The molecule has 3 aromatic rings. The molecule has 4 nitrogen and oxygen atoms in total. The van der Waals surface area contributed by atoms with Gasteiger partial charge in [-0.1, -0.05) is 39.9 Å². The highest BCUT2D eigenvalue weighted by atomic mass is 28.3. The molecule has 1 aliphatic heterocycles. The third kappa shape index (κ3) is 2.27. The average Bonchev–Trinajstić information content (AvgIpc) is 2.91. The van der Waals surface area contributed by atoms with E-state index in [9.17, 15) is 9.90 Å². The molecule has 0 unspecified atom stereocenters. The zero-order valence-electron chi connectivity index (χ0n) is 15.9. The lowest BCUT2D eigenvalue weighted by atomic mass is 10.1. The van der Waals surface area contributed by atoms with Gasteiger partial charge in [-0.05, 0) is 40.1 Å². The van der Waals surface area contributed by atoms with Crippen LogP contribution in [-0.4, -0.2) is 22.7 Å². The van der Waals surface area contributed by atoms with Crippen LogP contribution >= 0.6 is 0 Å². The van der Waals surface area contributed by atoms with Crippen molar-refractivity contribution in [3.63, 3.8) is 0 Å². The van der Waals surface area contributed by atoms with Crippen LogP contribution in [0.25, 0.3) is 22.3 Å². The van der Waals surface area contributed by atoms with Crippen LogP contribution in [0.2, 0.25) is 18.1 Å². The molecule has 0 atom stereocenters. The topological polar surface area (TPSA) is 55.1 Å². The highest BCUT2D eigenvalue weighted by Gasteiger charge is 2.41. The van der Waals surface area contributed by atoms with Crippen molar-refractivity contribution in [3.05, 3.63) is 52.3 Å². The van der Waals surface area contributed by atoms with Gasteiger partial charge in [-0.2, -0.15) is 0 Å². The molecule has 0 spiro atoms. The molecule has 0 radical (unpaired) electrons. The number of phenols is 1. The summed E-state index contributed by atoms with van der Waals surface area (Å²) in [5.41, 5.74) is 3.85. The van der Waals surface area contributed by atoms with E-state index in [0.717, 1.165) is 27.9 Å². The zero-order valence-corrected chi connectivity index (χ0v) is 16.9. The van der Waals surface area contributed by atoms with E-state index in [1.165, 1.54) is 5.19 Å². The van der Waals surface area contributed by atoms with Crippen LogP contribution in [0.3, 0.4) is 0 Å². The molecule has 1 aromatic carbocycles. The summed E-state index contributed by atoms with van der Waals surface area (Å²) in [6.45, 7) is 12.2. The van der Waals surface area contributed by atoms with Crippen LogP contribution in [0.5, 0.6) is 5.75 Å². The van der Waals surface area contributed by atoms with Crippen LogP contribution < -0.4 is 10.7 Å². The molecule has 4 rings (SSSR count). The second-order valence-corrected chi connectivity index (χ2v) is 14.0. The van der Waals surface area contributed by atoms with E-state index in [4.69, 9.17) is 4.98 Å². The van der Waals surface area contributed by atoms with Crippen LogP contribution in [0.1, 0.15) is 26.3 Å². The average molecular weight is 365 g/mol. The monoisotopic (exact) mass is 364 g/mol. The molecular weight excluding hydrogens is 340 g/mol. The van der Waals surface area contributed by atoms with Crippen LogP contribution in [0.4, 0.5) is 0 Å². The summed E-state index contributed by atoms with van der Waals surface area (Å²) in [7, 11) is -1.95. The summed E-state index contributed by atoms with van der Waals surface area (Å²) in [5, 5.41) is 12.6. The summed E-state index contributed by atoms with van der Waals surface area (Å²) < 4.78 is 1.81. The Morgan fingerprint density at radius 2 is 1.88 bits per heavy atom. The third-order valence-corrected chi connectivity index (χ3v) is 11.7. The summed E-state index contributed by atoms with van der Waals surface area (Å²) in [6, 6.07) is 10.8. The molecule has 134 valence electrons. The van der Waals surface area contributed by atoms with Crippen molar-refractivity contribution >= 4 is 24.2 Å². The molecule has 1 N–H and O–H groups in total. The summed E-state index contributed by atoms with van der Waals surface area (Å²) >= 11 is 0. The van der Waals surface area contributed by atoms with Gasteiger partial charge >= 0.3 is 0 Å². The molecule has 5 heteroatoms. The SMILES string of the molecule is CC(C)(C)[Si](C)(C)c1c2c(nc3ccc(O)cc13)-c1cccc(=O)n1C2. The molecule has 0 saturated heterocycles. The van der Waals surface area contributed by atoms with Crippen molar-refractivity contribution < 1.29 is 5.11 Å². The van der Waals surface area contributed by atoms with Crippen LogP contribution in [-0.2, 0) is 6.54 Å². The number of aromatic hydroxyl groups is 1. The molecule has 0 fully saturated rings. The Hall–Kier alpha value is -2.40. The third-order valence-electron chi connectivity index (χ3n) is 6.18. The first-order valence-electron chi connectivity index (χ1n) is 8.97. The summed E-state index contributed by atoms with van der Waals surface area (Å²) in [5.74, 6) is 0.256. The first-order chi connectivity index (χ1) is 12.1. The van der Waals surface area contributed by atoms with Gasteiger partial charge in [0.25, 0.3) is 5.56 Å². The van der Waals surface area contributed by atoms with Crippen molar-refractivity contribution in [2.45, 2.75) is 45.4 Å². The largest absolute Gasteiger partial charge is 0.508 e. The van der Waals surface area contributed by atoms with E-state index in [-0.39, 0.29) is 16.3 Å². The highest BCUT2D eigenvalue weighted by Crippen LogP contribution is 2.40. The quantitative estimate of drug-likeness (QED) is 0.522. The number of nitrogens with zero attached hydrogens (tertiary/aromatic N) is 2. The molecule has 0 aliphatic carbocycles. The maximum absolute atomic E-state index is 12.4. The Balaban J connectivity index is 2.16. The van der Waals surface area contributed by atoms with E-state index in [0.29, 0.717) is 6.54 Å². The van der Waals surface area contributed by atoms with Crippen LogP contribution in [0, 0.1) is 0 Å². The first kappa shape index (κ1) is 17.0. The molecule has 0 bridgehead atoms. The van der Waals surface area contributed by atoms with Crippen LogP contribution in [0.15, 0.2) is 41.2 Å². The molecule has 3 heterocycles. The maximum Gasteiger partial charge on any atom is 0.251 e. The van der Waals surface area contributed by atoms with Gasteiger partial charge in [-0.3, -0.25) is 4.79 Å². The van der Waals surface area contributed by atoms with Gasteiger partial charge in [0.2, 0.25) is 0 Å². The first-order valence-corrected chi connectivity index (χ1v) is 12.0. The fraction of sp³-hybridized carbons (Fsp3) is 0.333. The lowest BCUT2D eigenvalue weighted by molar-refractivity contribution is 0.476. The number of benzene rings is 1. The minimum absolute atomic E-state index is 0.00795. The number of fused-ring (bicyclic) bond motifs is 4. The Morgan fingerprint density at radius 3 is 2.58 bits per heavy atom. The predicted octanol–water partition coefficient (Wildman–Crippen LogP) is 3.85. The Kier molecular flexibility index (Phi) is 3.47. The van der Waals surface area contributed by atoms with Gasteiger partial charge in [0.15, 0.2) is 0 Å². The standard InChI is InChI=1S/C21H24N2O2Si/c1-21(2,3)26(4,5)20-14-11-13(24)9-10-16(14)22-19-15(20)12-23-17(19)7-6-8-18(23)25/h6-11,24H,12H2,1-5H3. The van der Waals surface area contributed by atoms with E-state index in [1.807, 2.05) is 22.8 Å². The van der Waals surface area contributed by atoms with E-state index in [1.54, 1.807) is 18.2 Å². The summed E-state index contributed by atoms with van der Waals surface area (Å²) in [4.78, 5) is 17.3. The van der Waals surface area contributed by atoms with Gasteiger partial charge in [-0.15, -0.1) is 0 Å². The predicted molar refractivity (Wildman–Crippen MR) is 109 cm³/mol. The molecule has 26 heavy (non-hydrogen) atoms. The van der Waals surface area contributed by atoms with Gasteiger partial charge < -0.3 is 9.67 Å². The Labute approximate surface area is 154 Å². The minimum Gasteiger partial charge on any atom is -0.508 e. The number of hydrogen-bond acceptors (Lipinski definition) is 3. The number of phenolic OH excluding ortho intramolecular Hbond substituents is 1. The lowest BCUT2D eigenvalue weighted by Gasteiger charge is -2.39. The number of hydrogen-bond donors (Lipinski definition) is 1. The molecule has 0 amide bonds. The maximum atomic E-state index is 12.4. The van der Waals surface area contributed by atoms with Crippen molar-refractivity contribution in [1.82, 2.24) is 9.55 Å². The van der Waals surface area contributed by atoms with Gasteiger partial charge in [-0.25, -0.2) is 4.98 Å². The zero-order chi connectivity index (χ0) is 18.9. The number of pyridine rings is 2. The Morgan fingerprint density at radius 1 is 1.15 bits per heavy atom. The second kappa shape index (κ2) is 5.30. The molecule has 2 aromatic heterocycles. The van der Waals surface area contributed by atoms with Gasteiger partial charge in [0.1, 0.15) is 5.75 Å². The smallest absolute Gasteiger partial charge is 0.251 e. The Bertz CT molecular complexity index is 1110. The lowest BCUT2D eigenvalue weighted by Crippen LogP contribution is -2.51. The van der Waals surface area contributed by atoms with Gasteiger partial charge in [0, 0.05) is 11.5 Å². The number of aromatic nitrogens is 2. The van der Waals surface area contributed by atoms with E-state index < -0.39 is 8.07 Å². The van der Waals surface area contributed by atoms with Crippen molar-refractivity contribution in [2.24, 2.45) is 0 Å².